The number of aliphatic hydroxyl groups is 1. The quantitative estimate of drug-likeness (QED) is 0.0382. The van der Waals surface area contributed by atoms with E-state index in [1.54, 1.807) is 62.3 Å². The van der Waals surface area contributed by atoms with E-state index in [0.29, 0.717) is 78.1 Å². The van der Waals surface area contributed by atoms with Crippen LogP contribution in [0.25, 0.3) is 0 Å². The van der Waals surface area contributed by atoms with E-state index in [1.165, 1.54) is 11.5 Å². The predicted octanol–water partition coefficient (Wildman–Crippen LogP) is 3.75. The molecule has 0 bridgehead atoms. The van der Waals surface area contributed by atoms with Crippen molar-refractivity contribution >= 4 is 65.4 Å². The average Bonchev–Trinajstić information content (AvgIpc) is 3.33. The van der Waals surface area contributed by atoms with Crippen LogP contribution in [0.5, 0.6) is 40.5 Å². The third-order valence-corrected chi connectivity index (χ3v) is 9.55. The van der Waals surface area contributed by atoms with Gasteiger partial charge in [0.15, 0.2) is 38.5 Å². The van der Waals surface area contributed by atoms with E-state index >= 15 is 0 Å². The van der Waals surface area contributed by atoms with Gasteiger partial charge >= 0.3 is 0 Å². The number of nitrogens with zero attached hydrogens (tertiary/aromatic N) is 11. The summed E-state index contributed by atoms with van der Waals surface area (Å²) in [5.74, 6) is 0.827. The van der Waals surface area contributed by atoms with Gasteiger partial charge in [-0.3, -0.25) is 28.5 Å². The number of aryl methyl sites for hydroxylation is 9. The third kappa shape index (κ3) is 37.0. The molecular weight excluding hydrogens is 1320 g/mol. The van der Waals surface area contributed by atoms with Gasteiger partial charge in [-0.05, 0) is 90.0 Å². The monoisotopic (exact) mass is 1380 g/mol. The summed E-state index contributed by atoms with van der Waals surface area (Å²) in [5, 5.41) is 57.6. The zero-order valence-corrected chi connectivity index (χ0v) is 52.9. The Balaban J connectivity index is -0.000000214. The number of aromatic nitrogens is 10. The zero-order valence-electron chi connectivity index (χ0n) is 46.4. The predicted molar refractivity (Wildman–Crippen MR) is 276 cm³/mol. The van der Waals surface area contributed by atoms with E-state index in [9.17, 15) is 39.3 Å². The van der Waals surface area contributed by atoms with Crippen molar-refractivity contribution < 1.29 is 300 Å². The van der Waals surface area contributed by atoms with Gasteiger partial charge in [-0.1, -0.05) is 34.8 Å². The summed E-state index contributed by atoms with van der Waals surface area (Å²) in [7, 11) is 0. The number of halogens is 3. The van der Waals surface area contributed by atoms with Crippen LogP contribution in [0.4, 0.5) is 0 Å². The van der Waals surface area contributed by atoms with Gasteiger partial charge < -0.3 is 59.6 Å². The van der Waals surface area contributed by atoms with Gasteiger partial charge in [-0.2, -0.15) is 15.0 Å². The van der Waals surface area contributed by atoms with Crippen molar-refractivity contribution in [1.82, 2.24) is 54.7 Å². The molecule has 0 fully saturated rings. The van der Waals surface area contributed by atoms with E-state index in [4.69, 9.17) is 64.3 Å². The standard InChI is InChI=1S/C12H20N2O3.2C9H12N2O4.C6H7ClN2O.C5H4Cl2N2O.C5H6N2O3.6Ar/c1-8-10(15)11(14-9(2)13-8)16-6-7-17-12(3,4)5;1-6-8(13)9(11-7(2)10-6)15-4-3-14-5-12;1-6-8(13)9(14)11(7(2)10-6)3-4-15-5-12;1-3-5(10)6(7)9-4(2)8-3;1-2-8-4(6)3(10)5(7)9-2;1-2-6-4(9)3(8)5(10)7-2;;;;;;/h15H,6-7H2,1-5H3;2*5,13H,3-4H2,1-2H3;10H,1-2H3;10H,1H3;3,8H,1H3,(H,6,7,9,10);;;;;;. The molecule has 7 N–H and O–H groups in total. The number of carbonyl (C=O) groups excluding carboxylic acids is 4. The Morgan fingerprint density at radius 2 is 0.892 bits per heavy atom. The molecule has 0 radical (unpaired) electrons. The summed E-state index contributed by atoms with van der Waals surface area (Å²) in [6.45, 7) is 24.4. The Morgan fingerprint density at radius 1 is 0.518 bits per heavy atom. The van der Waals surface area contributed by atoms with Crippen molar-refractivity contribution in [3.05, 3.63) is 77.7 Å². The fourth-order valence-corrected chi connectivity index (χ4v) is 6.02. The normalized spacial score (nSPS) is 11.4. The minimum atomic E-state index is -1.62. The van der Waals surface area contributed by atoms with Crippen molar-refractivity contribution in [2.75, 3.05) is 33.0 Å². The van der Waals surface area contributed by atoms with Crippen LogP contribution in [0.15, 0.2) is 9.79 Å². The maximum Gasteiger partial charge on any atom is 0.296 e. The summed E-state index contributed by atoms with van der Waals surface area (Å²) < 4.78 is 26.1. The SMILES string of the molecule is CC1=NC(=O)C(O)C(=O)N1.Cc1nc(C)c(O)c(Cl)n1.Cc1nc(C)c(O)c(OCCOC(C)(C)C)n1.Cc1nc(C)c(O)c(OCCOC=O)n1.Cc1nc(C)n(CCOC=O)c(=O)c1O.Cc1nc(Cl)c(O)c(Cl)n1.[Ar].[Ar].[Ar].[Ar].[Ar].[Ar]. The van der Waals surface area contributed by atoms with E-state index in [1.807, 2.05) is 20.8 Å². The van der Waals surface area contributed by atoms with Crippen molar-refractivity contribution in [1.29, 1.82) is 0 Å². The van der Waals surface area contributed by atoms with Crippen LogP contribution in [0.3, 0.4) is 0 Å². The second kappa shape index (κ2) is 48.7. The Kier molecular flexibility index (Phi) is 55.2. The van der Waals surface area contributed by atoms with E-state index in [-0.39, 0.29) is 320 Å². The molecule has 470 valence electrons. The number of rotatable bonds is 13. The topological polar surface area (TPSA) is 398 Å². The fourth-order valence-electron chi connectivity index (χ4n) is 5.29. The molecule has 5 aromatic rings. The Bertz CT molecular complexity index is 2840. The smallest absolute Gasteiger partial charge is 0.296 e. The van der Waals surface area contributed by atoms with E-state index in [0.717, 1.165) is 0 Å². The van der Waals surface area contributed by atoms with Crippen LogP contribution >= 0.6 is 34.8 Å². The summed E-state index contributed by atoms with van der Waals surface area (Å²) in [6, 6.07) is 0. The first kappa shape index (κ1) is 94.0. The molecule has 1 aliphatic rings. The van der Waals surface area contributed by atoms with Gasteiger partial charge in [-0.25, -0.2) is 34.9 Å². The van der Waals surface area contributed by atoms with Crippen LogP contribution in [0.1, 0.15) is 79.6 Å². The van der Waals surface area contributed by atoms with Crippen LogP contribution in [0, 0.1) is 289 Å². The van der Waals surface area contributed by atoms with Crippen molar-refractivity contribution in [2.45, 2.75) is 108 Å². The first-order valence-electron chi connectivity index (χ1n) is 22.4. The summed E-state index contributed by atoms with van der Waals surface area (Å²) in [6.07, 6.45) is -1.62. The number of nitrogens with one attached hydrogen (secondary N) is 1. The first-order chi connectivity index (χ1) is 35.8. The molecule has 28 nitrogen and oxygen atoms in total. The van der Waals surface area contributed by atoms with Crippen LogP contribution in [0.2, 0.25) is 15.5 Å². The second-order valence-corrected chi connectivity index (χ2v) is 17.4. The second-order valence-electron chi connectivity index (χ2n) is 16.3. The molecule has 1 aliphatic heterocycles. The average molecular weight is 1380 g/mol. The number of amidine groups is 1. The van der Waals surface area contributed by atoms with Gasteiger partial charge in [0, 0.05) is 226 Å². The summed E-state index contributed by atoms with van der Waals surface area (Å²) in [4.78, 5) is 90.5. The number of hydrogen-bond donors (Lipinski definition) is 7. The molecule has 0 saturated carbocycles. The molecule has 2 amide bonds. The van der Waals surface area contributed by atoms with Gasteiger partial charge in [0.05, 0.1) is 41.5 Å². The number of ether oxygens (including phenoxy) is 5. The third-order valence-electron chi connectivity index (χ3n) is 8.76. The summed E-state index contributed by atoms with van der Waals surface area (Å²) >= 11 is 16.4. The fraction of sp³-hybridized carbons (Fsp3) is 0.457. The van der Waals surface area contributed by atoms with Crippen LogP contribution in [-0.4, -0.2) is 155 Å². The Hall–Kier alpha value is -0.102. The molecule has 0 aromatic carbocycles. The molecule has 83 heavy (non-hydrogen) atoms. The van der Waals surface area contributed by atoms with Crippen molar-refractivity contribution in [3.8, 4) is 40.5 Å². The molecule has 6 rings (SSSR count). The van der Waals surface area contributed by atoms with Crippen LogP contribution in [-0.2, 0) is 39.9 Å². The van der Waals surface area contributed by atoms with Gasteiger partial charge in [-0.15, -0.1) is 0 Å². The maximum absolute atomic E-state index is 11.5. The summed E-state index contributed by atoms with van der Waals surface area (Å²) in [5.41, 5.74) is 1.07. The number of amides is 2. The first-order valence-corrected chi connectivity index (χ1v) is 23.5. The van der Waals surface area contributed by atoms with Crippen molar-refractivity contribution in [2.24, 2.45) is 4.99 Å². The molecule has 0 aliphatic carbocycles. The number of aliphatic hydroxyl groups excluding tert-OH is 1. The minimum absolute atomic E-state index is 0. The van der Waals surface area contributed by atoms with Gasteiger partial charge in [0.25, 0.3) is 42.1 Å². The van der Waals surface area contributed by atoms with E-state index in [2.05, 4.69) is 64.6 Å². The number of carbonyl (C=O) groups is 4. The maximum atomic E-state index is 11.5. The minimum Gasteiger partial charge on any atom is -0.503 e. The molecule has 1 atom stereocenters. The van der Waals surface area contributed by atoms with Crippen LogP contribution < -0.4 is 20.3 Å². The molecule has 1 unspecified atom stereocenters. The largest absolute Gasteiger partial charge is 0.503 e. The molecule has 0 spiro atoms. The Labute approximate surface area is 673 Å². The Morgan fingerprint density at radius 3 is 1.30 bits per heavy atom. The number of hydrogen-bond acceptors (Lipinski definition) is 25. The zero-order chi connectivity index (χ0) is 58.9. The molecule has 37 heteroatoms. The van der Waals surface area contributed by atoms with E-state index < -0.39 is 23.5 Å². The van der Waals surface area contributed by atoms with Gasteiger partial charge in [0.2, 0.25) is 11.9 Å². The number of aliphatic imine (C=N–C) groups is 1. The molecular formula is C46H61Ar6Cl3N12O16. The molecule has 5 aromatic heterocycles. The van der Waals surface area contributed by atoms with Gasteiger partial charge in [0.1, 0.15) is 61.4 Å². The molecule has 6 heterocycles. The van der Waals surface area contributed by atoms with Crippen molar-refractivity contribution in [3.63, 3.8) is 0 Å². The number of aromatic hydroxyl groups is 5. The molecule has 0 saturated heterocycles.